The number of carboxylic acid groups (broad SMARTS) is 1. The lowest BCUT2D eigenvalue weighted by Gasteiger charge is -2.17. The van der Waals surface area contributed by atoms with E-state index in [4.69, 9.17) is 5.11 Å². The Hall–Kier alpha value is -0.610. The summed E-state index contributed by atoms with van der Waals surface area (Å²) in [5, 5.41) is 8.77. The van der Waals surface area contributed by atoms with Crippen LogP contribution in [0.2, 0.25) is 0 Å². The van der Waals surface area contributed by atoms with Crippen LogP contribution >= 0.6 is 0 Å². The third kappa shape index (κ3) is 3.32. The molecule has 0 aromatic rings. The Morgan fingerprint density at radius 3 is 2.77 bits per heavy atom. The summed E-state index contributed by atoms with van der Waals surface area (Å²) in [6, 6.07) is 0. The molecule has 1 atom stereocenters. The van der Waals surface area contributed by atoms with E-state index in [-0.39, 0.29) is 5.92 Å². The third-order valence-corrected chi connectivity index (χ3v) is 2.49. The zero-order valence-corrected chi connectivity index (χ0v) is 8.36. The van der Waals surface area contributed by atoms with Gasteiger partial charge in [0.2, 0.25) is 0 Å². The van der Waals surface area contributed by atoms with Crippen LogP contribution in [0.15, 0.2) is 0 Å². The lowest BCUT2D eigenvalue weighted by molar-refractivity contribution is -0.141. The average molecular weight is 186 g/mol. The Morgan fingerprint density at radius 2 is 2.31 bits per heavy atom. The number of carbonyl (C=O) groups is 1. The van der Waals surface area contributed by atoms with Crippen LogP contribution in [-0.2, 0) is 4.79 Å². The van der Waals surface area contributed by atoms with Crippen LogP contribution in [0, 0.1) is 5.92 Å². The van der Waals surface area contributed by atoms with Crippen molar-refractivity contribution in [2.75, 3.05) is 40.3 Å². The number of hydrogen-bond donors (Lipinski definition) is 1. The maximum Gasteiger partial charge on any atom is 0.307 e. The van der Waals surface area contributed by atoms with Crippen molar-refractivity contribution in [2.45, 2.75) is 6.42 Å². The highest BCUT2D eigenvalue weighted by atomic mass is 16.4. The van der Waals surface area contributed by atoms with Crippen LogP contribution < -0.4 is 0 Å². The van der Waals surface area contributed by atoms with E-state index in [0.717, 1.165) is 32.6 Å². The molecular formula is C9H18N2O2. The Balaban J connectivity index is 2.21. The van der Waals surface area contributed by atoms with E-state index in [9.17, 15) is 4.79 Å². The smallest absolute Gasteiger partial charge is 0.307 e. The summed E-state index contributed by atoms with van der Waals surface area (Å²) >= 11 is 0. The van der Waals surface area contributed by atoms with Crippen LogP contribution in [0.5, 0.6) is 0 Å². The van der Waals surface area contributed by atoms with Gasteiger partial charge in [0.05, 0.1) is 5.92 Å². The molecule has 76 valence electrons. The van der Waals surface area contributed by atoms with Crippen molar-refractivity contribution in [3.05, 3.63) is 0 Å². The van der Waals surface area contributed by atoms with Gasteiger partial charge in [-0.1, -0.05) is 0 Å². The number of likely N-dealkylation sites (N-methyl/N-ethyl adjacent to an activating group) is 1. The molecule has 1 rings (SSSR count). The molecule has 4 nitrogen and oxygen atoms in total. The lowest BCUT2D eigenvalue weighted by atomic mass is 10.1. The van der Waals surface area contributed by atoms with Crippen molar-refractivity contribution in [3.8, 4) is 0 Å². The monoisotopic (exact) mass is 186 g/mol. The highest BCUT2D eigenvalue weighted by Gasteiger charge is 2.27. The first-order chi connectivity index (χ1) is 6.09. The summed E-state index contributed by atoms with van der Waals surface area (Å²) < 4.78 is 0. The molecule has 0 aromatic heterocycles. The van der Waals surface area contributed by atoms with Gasteiger partial charge in [0.25, 0.3) is 0 Å². The first-order valence-electron chi connectivity index (χ1n) is 4.69. The molecule has 0 saturated carbocycles. The number of rotatable bonds is 4. The fourth-order valence-electron chi connectivity index (χ4n) is 1.58. The van der Waals surface area contributed by atoms with E-state index in [1.54, 1.807) is 0 Å². The van der Waals surface area contributed by atoms with Gasteiger partial charge in [0, 0.05) is 19.6 Å². The second kappa shape index (κ2) is 4.58. The first-order valence-corrected chi connectivity index (χ1v) is 4.69. The molecule has 0 amide bonds. The van der Waals surface area contributed by atoms with Crippen molar-refractivity contribution < 1.29 is 9.90 Å². The van der Waals surface area contributed by atoms with Crippen molar-refractivity contribution in [3.63, 3.8) is 0 Å². The van der Waals surface area contributed by atoms with Crippen molar-refractivity contribution in [1.29, 1.82) is 0 Å². The van der Waals surface area contributed by atoms with E-state index in [0.29, 0.717) is 0 Å². The molecule has 4 heteroatoms. The molecule has 13 heavy (non-hydrogen) atoms. The number of carboxylic acids is 1. The summed E-state index contributed by atoms with van der Waals surface area (Å²) in [4.78, 5) is 15.0. The van der Waals surface area contributed by atoms with E-state index in [1.165, 1.54) is 0 Å². The standard InChI is InChI=1S/C9H18N2O2/c1-10(2)5-6-11-4-3-8(7-11)9(12)13/h8H,3-7H2,1-2H3,(H,12,13). The molecule has 1 aliphatic rings. The minimum atomic E-state index is -0.646. The molecular weight excluding hydrogens is 168 g/mol. The maximum atomic E-state index is 10.6. The maximum absolute atomic E-state index is 10.6. The van der Waals surface area contributed by atoms with Gasteiger partial charge in [-0.05, 0) is 27.1 Å². The second-order valence-corrected chi connectivity index (χ2v) is 3.93. The highest BCUT2D eigenvalue weighted by Crippen LogP contribution is 2.15. The Kier molecular flexibility index (Phi) is 3.69. The summed E-state index contributed by atoms with van der Waals surface area (Å²) in [7, 11) is 4.06. The molecule has 1 fully saturated rings. The molecule has 0 aliphatic carbocycles. The topological polar surface area (TPSA) is 43.8 Å². The molecule has 1 aliphatic heterocycles. The fraction of sp³-hybridized carbons (Fsp3) is 0.889. The van der Waals surface area contributed by atoms with E-state index in [1.807, 2.05) is 14.1 Å². The first kappa shape index (κ1) is 10.5. The third-order valence-electron chi connectivity index (χ3n) is 2.49. The highest BCUT2D eigenvalue weighted by molar-refractivity contribution is 5.70. The number of likely N-dealkylation sites (tertiary alicyclic amines) is 1. The van der Waals surface area contributed by atoms with Gasteiger partial charge in [-0.2, -0.15) is 0 Å². The summed E-state index contributed by atoms with van der Waals surface area (Å²) in [5.41, 5.74) is 0. The minimum absolute atomic E-state index is 0.137. The number of aliphatic carboxylic acids is 1. The second-order valence-electron chi connectivity index (χ2n) is 3.93. The van der Waals surface area contributed by atoms with Crippen LogP contribution in [0.1, 0.15) is 6.42 Å². The van der Waals surface area contributed by atoms with Gasteiger partial charge in [-0.3, -0.25) is 4.79 Å². The predicted molar refractivity (Wildman–Crippen MR) is 50.7 cm³/mol. The SMILES string of the molecule is CN(C)CCN1CCC(C(=O)O)C1. The quantitative estimate of drug-likeness (QED) is 0.669. The Morgan fingerprint density at radius 1 is 1.62 bits per heavy atom. The Bertz CT molecular complexity index is 182. The van der Waals surface area contributed by atoms with Crippen LogP contribution in [0.3, 0.4) is 0 Å². The molecule has 0 aromatic carbocycles. The fourth-order valence-corrected chi connectivity index (χ4v) is 1.58. The van der Waals surface area contributed by atoms with E-state index >= 15 is 0 Å². The molecule has 0 radical (unpaired) electrons. The van der Waals surface area contributed by atoms with E-state index < -0.39 is 5.97 Å². The largest absolute Gasteiger partial charge is 0.481 e. The van der Waals surface area contributed by atoms with Gasteiger partial charge in [0.1, 0.15) is 0 Å². The van der Waals surface area contributed by atoms with E-state index in [2.05, 4.69) is 9.80 Å². The zero-order chi connectivity index (χ0) is 9.84. The van der Waals surface area contributed by atoms with Crippen LogP contribution in [0.4, 0.5) is 0 Å². The summed E-state index contributed by atoms with van der Waals surface area (Å²) in [6.45, 7) is 3.65. The van der Waals surface area contributed by atoms with Crippen molar-refractivity contribution >= 4 is 5.97 Å². The molecule has 0 spiro atoms. The number of hydrogen-bond acceptors (Lipinski definition) is 3. The molecule has 1 heterocycles. The van der Waals surface area contributed by atoms with Crippen molar-refractivity contribution in [1.82, 2.24) is 9.80 Å². The normalized spacial score (nSPS) is 24.1. The predicted octanol–water partition coefficient (Wildman–Crippen LogP) is -0.0455. The van der Waals surface area contributed by atoms with Gasteiger partial charge < -0.3 is 14.9 Å². The molecule has 1 saturated heterocycles. The van der Waals surface area contributed by atoms with Gasteiger partial charge in [-0.25, -0.2) is 0 Å². The molecule has 0 bridgehead atoms. The minimum Gasteiger partial charge on any atom is -0.481 e. The molecule has 1 unspecified atom stereocenters. The van der Waals surface area contributed by atoms with Gasteiger partial charge in [0.15, 0.2) is 0 Å². The van der Waals surface area contributed by atoms with Gasteiger partial charge >= 0.3 is 5.97 Å². The Labute approximate surface area is 79.1 Å². The average Bonchev–Trinajstić information content (AvgIpc) is 2.48. The zero-order valence-electron chi connectivity index (χ0n) is 8.36. The van der Waals surface area contributed by atoms with Crippen molar-refractivity contribution in [2.24, 2.45) is 5.92 Å². The van der Waals surface area contributed by atoms with Gasteiger partial charge in [-0.15, -0.1) is 0 Å². The summed E-state index contributed by atoms with van der Waals surface area (Å²) in [6.07, 6.45) is 0.808. The summed E-state index contributed by atoms with van der Waals surface area (Å²) in [5.74, 6) is -0.783. The lowest BCUT2D eigenvalue weighted by Crippen LogP contribution is -2.30. The van der Waals surface area contributed by atoms with Crippen LogP contribution in [-0.4, -0.2) is 61.2 Å². The van der Waals surface area contributed by atoms with Crippen LogP contribution in [0.25, 0.3) is 0 Å². The number of nitrogens with zero attached hydrogens (tertiary/aromatic N) is 2. The molecule has 1 N–H and O–H groups in total.